The molecule has 2 nitrogen and oxygen atoms in total. The Labute approximate surface area is 103 Å². The summed E-state index contributed by atoms with van der Waals surface area (Å²) in [5.41, 5.74) is 8.37. The number of halogens is 1. The van der Waals surface area contributed by atoms with Crippen LogP contribution in [0.1, 0.15) is 10.4 Å². The third-order valence-electron chi connectivity index (χ3n) is 2.38. The van der Waals surface area contributed by atoms with Crippen molar-refractivity contribution in [3.63, 3.8) is 0 Å². The van der Waals surface area contributed by atoms with Gasteiger partial charge in [0.15, 0.2) is 0 Å². The summed E-state index contributed by atoms with van der Waals surface area (Å²) in [5.74, 6) is 0. The number of hydrogen-bond donors (Lipinski definition) is 1. The van der Waals surface area contributed by atoms with Gasteiger partial charge in [-0.2, -0.15) is 5.26 Å². The summed E-state index contributed by atoms with van der Waals surface area (Å²) in [6.45, 7) is 1.92. The third-order valence-corrected chi connectivity index (χ3v) is 3.88. The van der Waals surface area contributed by atoms with Crippen LogP contribution in [-0.2, 0) is 0 Å². The molecule has 1 aromatic carbocycles. The van der Waals surface area contributed by atoms with Gasteiger partial charge < -0.3 is 5.73 Å². The predicted molar refractivity (Wildman–Crippen MR) is 68.6 cm³/mol. The Morgan fingerprint density at radius 3 is 2.75 bits per heavy atom. The van der Waals surface area contributed by atoms with Crippen molar-refractivity contribution in [1.82, 2.24) is 0 Å². The zero-order valence-electron chi connectivity index (χ0n) is 8.62. The Hall–Kier alpha value is -1.50. The summed E-state index contributed by atoms with van der Waals surface area (Å²) >= 11 is 7.34. The molecule has 4 heteroatoms. The Morgan fingerprint density at radius 2 is 2.19 bits per heavy atom. The number of nitrogens with zero attached hydrogens (tertiary/aromatic N) is 1. The minimum absolute atomic E-state index is 0.562. The number of nitriles is 1. The molecule has 2 rings (SSSR count). The fraction of sp³-hybridized carbons (Fsp3) is 0.0833. The number of thiophene rings is 1. The minimum Gasteiger partial charge on any atom is -0.397 e. The molecule has 0 aliphatic carbocycles. The second kappa shape index (κ2) is 4.17. The first kappa shape index (κ1) is 11.0. The summed E-state index contributed by atoms with van der Waals surface area (Å²) in [6, 6.07) is 9.65. The molecule has 0 saturated heterocycles. The van der Waals surface area contributed by atoms with E-state index in [0.717, 1.165) is 16.0 Å². The maximum Gasteiger partial charge on any atom is 0.128 e. The first-order chi connectivity index (χ1) is 7.63. The number of benzene rings is 1. The average molecular weight is 249 g/mol. The fourth-order valence-electron chi connectivity index (χ4n) is 1.51. The molecule has 2 aromatic rings. The van der Waals surface area contributed by atoms with Crippen LogP contribution in [0.3, 0.4) is 0 Å². The highest BCUT2D eigenvalue weighted by Crippen LogP contribution is 2.38. The zero-order chi connectivity index (χ0) is 11.7. The van der Waals surface area contributed by atoms with Gasteiger partial charge in [-0.25, -0.2) is 0 Å². The highest BCUT2D eigenvalue weighted by molar-refractivity contribution is 7.16. The third kappa shape index (κ3) is 1.78. The summed E-state index contributed by atoms with van der Waals surface area (Å²) in [4.78, 5) is 1.57. The molecule has 0 radical (unpaired) electrons. The lowest BCUT2D eigenvalue weighted by molar-refractivity contribution is 1.49. The zero-order valence-corrected chi connectivity index (χ0v) is 10.2. The second-order valence-corrected chi connectivity index (χ2v) is 4.88. The van der Waals surface area contributed by atoms with Gasteiger partial charge in [-0.05, 0) is 30.2 Å². The number of anilines is 1. The molecular formula is C12H9ClN2S. The number of nitrogen functional groups attached to an aromatic ring is 1. The lowest BCUT2D eigenvalue weighted by atomic mass is 10.1. The Bertz CT molecular complexity index is 581. The van der Waals surface area contributed by atoms with Crippen molar-refractivity contribution in [2.24, 2.45) is 0 Å². The molecule has 2 N–H and O–H groups in total. The van der Waals surface area contributed by atoms with Crippen LogP contribution in [0.4, 0.5) is 5.69 Å². The molecule has 0 fully saturated rings. The van der Waals surface area contributed by atoms with Crippen LogP contribution in [0.15, 0.2) is 24.3 Å². The van der Waals surface area contributed by atoms with Gasteiger partial charge in [0, 0.05) is 9.90 Å². The maximum absolute atomic E-state index is 8.91. The monoisotopic (exact) mass is 248 g/mol. The van der Waals surface area contributed by atoms with Crippen LogP contribution < -0.4 is 5.73 Å². The van der Waals surface area contributed by atoms with Crippen LogP contribution >= 0.6 is 22.9 Å². The quantitative estimate of drug-likeness (QED) is 0.834. The highest BCUT2D eigenvalue weighted by Gasteiger charge is 2.13. The Morgan fingerprint density at radius 1 is 1.44 bits per heavy atom. The molecule has 0 aliphatic rings. The number of nitrogens with two attached hydrogens (primary N) is 1. The lowest BCUT2D eigenvalue weighted by Crippen LogP contribution is -1.87. The van der Waals surface area contributed by atoms with Crippen molar-refractivity contribution >= 4 is 28.6 Å². The summed E-state index contributed by atoms with van der Waals surface area (Å²) in [6.07, 6.45) is 0. The normalized spacial score (nSPS) is 10.1. The van der Waals surface area contributed by atoms with Crippen LogP contribution in [0, 0.1) is 18.3 Å². The van der Waals surface area contributed by atoms with Crippen molar-refractivity contribution < 1.29 is 0 Å². The molecule has 80 valence electrons. The van der Waals surface area contributed by atoms with E-state index >= 15 is 0 Å². The first-order valence-corrected chi connectivity index (χ1v) is 5.88. The van der Waals surface area contributed by atoms with Gasteiger partial charge in [0.05, 0.1) is 5.69 Å². The van der Waals surface area contributed by atoms with E-state index in [4.69, 9.17) is 22.6 Å². The van der Waals surface area contributed by atoms with Gasteiger partial charge in [-0.15, -0.1) is 11.3 Å². The topological polar surface area (TPSA) is 49.8 Å². The fourth-order valence-corrected chi connectivity index (χ4v) is 2.73. The van der Waals surface area contributed by atoms with E-state index in [1.807, 2.05) is 31.2 Å². The minimum atomic E-state index is 0.562. The Balaban J connectivity index is 2.62. The van der Waals surface area contributed by atoms with Gasteiger partial charge in [-0.1, -0.05) is 23.7 Å². The van der Waals surface area contributed by atoms with Gasteiger partial charge in [0.1, 0.15) is 10.9 Å². The van der Waals surface area contributed by atoms with Gasteiger partial charge >= 0.3 is 0 Å². The maximum atomic E-state index is 8.91. The van der Waals surface area contributed by atoms with Crippen molar-refractivity contribution in [2.75, 3.05) is 5.73 Å². The molecule has 1 aromatic heterocycles. The molecule has 0 saturated carbocycles. The van der Waals surface area contributed by atoms with Crippen molar-refractivity contribution in [2.45, 2.75) is 6.92 Å². The standard InChI is InChI=1S/C12H9ClN2S/c1-7-11(15)10(6-14)16-12(7)8-3-2-4-9(13)5-8/h2-5H,15H2,1H3. The van der Waals surface area contributed by atoms with E-state index < -0.39 is 0 Å². The predicted octanol–water partition coefficient (Wildman–Crippen LogP) is 3.83. The largest absolute Gasteiger partial charge is 0.397 e. The van der Waals surface area contributed by atoms with E-state index in [1.54, 1.807) is 0 Å². The van der Waals surface area contributed by atoms with Crippen LogP contribution in [0.25, 0.3) is 10.4 Å². The number of hydrogen-bond acceptors (Lipinski definition) is 3. The van der Waals surface area contributed by atoms with Crippen LogP contribution in [0.5, 0.6) is 0 Å². The smallest absolute Gasteiger partial charge is 0.128 e. The van der Waals surface area contributed by atoms with E-state index in [0.29, 0.717) is 15.6 Å². The summed E-state index contributed by atoms with van der Waals surface area (Å²) in [7, 11) is 0. The number of rotatable bonds is 1. The van der Waals surface area contributed by atoms with Crippen LogP contribution in [0.2, 0.25) is 5.02 Å². The highest BCUT2D eigenvalue weighted by atomic mass is 35.5. The van der Waals surface area contributed by atoms with E-state index in [-0.39, 0.29) is 0 Å². The molecule has 0 bridgehead atoms. The van der Waals surface area contributed by atoms with Crippen molar-refractivity contribution in [3.05, 3.63) is 39.7 Å². The molecule has 0 unspecified atom stereocenters. The summed E-state index contributed by atoms with van der Waals surface area (Å²) in [5, 5.41) is 9.59. The average Bonchev–Trinajstić information content (AvgIpc) is 2.56. The molecule has 0 aliphatic heterocycles. The summed E-state index contributed by atoms with van der Waals surface area (Å²) < 4.78 is 0. The first-order valence-electron chi connectivity index (χ1n) is 4.68. The van der Waals surface area contributed by atoms with Crippen molar-refractivity contribution in [1.29, 1.82) is 5.26 Å². The molecule has 0 spiro atoms. The van der Waals surface area contributed by atoms with Gasteiger partial charge in [0.2, 0.25) is 0 Å². The van der Waals surface area contributed by atoms with Crippen LogP contribution in [-0.4, -0.2) is 0 Å². The SMILES string of the molecule is Cc1c(-c2cccc(Cl)c2)sc(C#N)c1N. The molecule has 0 amide bonds. The molecular weight excluding hydrogens is 240 g/mol. The van der Waals surface area contributed by atoms with E-state index in [9.17, 15) is 0 Å². The van der Waals surface area contributed by atoms with E-state index in [2.05, 4.69) is 6.07 Å². The molecule has 1 heterocycles. The Kier molecular flexibility index (Phi) is 2.86. The van der Waals surface area contributed by atoms with Crippen molar-refractivity contribution in [3.8, 4) is 16.5 Å². The molecule has 16 heavy (non-hydrogen) atoms. The lowest BCUT2D eigenvalue weighted by Gasteiger charge is -2.00. The van der Waals surface area contributed by atoms with Gasteiger partial charge in [-0.3, -0.25) is 0 Å². The van der Waals surface area contributed by atoms with E-state index in [1.165, 1.54) is 11.3 Å². The van der Waals surface area contributed by atoms with Gasteiger partial charge in [0.25, 0.3) is 0 Å². The second-order valence-electron chi connectivity index (χ2n) is 3.42. The molecule has 0 atom stereocenters.